The maximum Gasteiger partial charge on any atom is 0.0767 e. The van der Waals surface area contributed by atoms with Crippen LogP contribution in [0.3, 0.4) is 0 Å². The molecule has 0 spiro atoms. The number of likely N-dealkylation sites (N-methyl/N-ethyl adjacent to an activating group) is 1. The summed E-state index contributed by atoms with van der Waals surface area (Å²) >= 11 is 3.74. The van der Waals surface area contributed by atoms with Crippen molar-refractivity contribution in [3.8, 4) is 0 Å². The highest BCUT2D eigenvalue weighted by Gasteiger charge is 2.24. The smallest absolute Gasteiger partial charge is 0.0767 e. The summed E-state index contributed by atoms with van der Waals surface area (Å²) in [5.74, 6) is 0. The molecule has 1 fully saturated rings. The molecular weight excluding hydrogens is 316 g/mol. The minimum absolute atomic E-state index is 0.663. The van der Waals surface area contributed by atoms with Gasteiger partial charge in [-0.2, -0.15) is 5.10 Å². The third-order valence-electron chi connectivity index (χ3n) is 4.23. The fourth-order valence-electron chi connectivity index (χ4n) is 2.99. The van der Waals surface area contributed by atoms with Gasteiger partial charge in [0.1, 0.15) is 0 Å². The lowest BCUT2D eigenvalue weighted by molar-refractivity contribution is 0.134. The number of nitrogens with one attached hydrogen (secondary N) is 1. The number of hydrogen-bond donors (Lipinski definition) is 1. The van der Waals surface area contributed by atoms with Crippen molar-refractivity contribution in [1.82, 2.24) is 20.0 Å². The van der Waals surface area contributed by atoms with E-state index in [2.05, 4.69) is 52.1 Å². The molecule has 1 aromatic heterocycles. The van der Waals surface area contributed by atoms with Gasteiger partial charge in [-0.05, 0) is 48.3 Å². The van der Waals surface area contributed by atoms with Gasteiger partial charge in [-0.15, -0.1) is 0 Å². The Morgan fingerprint density at radius 3 is 2.80 bits per heavy atom. The van der Waals surface area contributed by atoms with E-state index < -0.39 is 0 Å². The molecule has 0 radical (unpaired) electrons. The van der Waals surface area contributed by atoms with Crippen LogP contribution in [0.2, 0.25) is 0 Å². The third kappa shape index (κ3) is 3.62. The summed E-state index contributed by atoms with van der Waals surface area (Å²) < 4.78 is 3.25. The SMILES string of the molecule is CCNCC1CCCCN1Cc1c(Br)c(CC)nn1C. The molecule has 5 heteroatoms. The van der Waals surface area contributed by atoms with Crippen LogP contribution < -0.4 is 5.32 Å². The fourth-order valence-corrected chi connectivity index (χ4v) is 3.74. The summed E-state index contributed by atoms with van der Waals surface area (Å²) in [5.41, 5.74) is 2.48. The van der Waals surface area contributed by atoms with E-state index in [9.17, 15) is 0 Å². The van der Waals surface area contributed by atoms with Crippen molar-refractivity contribution < 1.29 is 0 Å². The van der Waals surface area contributed by atoms with Crippen LogP contribution >= 0.6 is 15.9 Å². The lowest BCUT2D eigenvalue weighted by Gasteiger charge is -2.35. The molecule has 1 aromatic rings. The van der Waals surface area contributed by atoms with E-state index in [4.69, 9.17) is 0 Å². The molecule has 0 aromatic carbocycles. The first-order chi connectivity index (χ1) is 9.67. The van der Waals surface area contributed by atoms with Gasteiger partial charge >= 0.3 is 0 Å². The second kappa shape index (κ2) is 7.57. The van der Waals surface area contributed by atoms with Crippen molar-refractivity contribution in [2.45, 2.75) is 52.1 Å². The first-order valence-electron chi connectivity index (χ1n) is 7.82. The molecule has 1 aliphatic heterocycles. The number of hydrogen-bond acceptors (Lipinski definition) is 3. The topological polar surface area (TPSA) is 33.1 Å². The van der Waals surface area contributed by atoms with Crippen LogP contribution in [0.5, 0.6) is 0 Å². The van der Waals surface area contributed by atoms with Gasteiger partial charge in [0.15, 0.2) is 0 Å². The number of likely N-dealkylation sites (tertiary alicyclic amines) is 1. The van der Waals surface area contributed by atoms with E-state index in [1.807, 2.05) is 4.68 Å². The van der Waals surface area contributed by atoms with Crippen molar-refractivity contribution in [3.63, 3.8) is 0 Å². The number of aromatic nitrogens is 2. The molecule has 4 nitrogen and oxygen atoms in total. The number of nitrogens with zero attached hydrogens (tertiary/aromatic N) is 3. The fraction of sp³-hybridized carbons (Fsp3) is 0.800. The zero-order chi connectivity index (χ0) is 14.5. The zero-order valence-corrected chi connectivity index (χ0v) is 14.5. The van der Waals surface area contributed by atoms with Crippen molar-refractivity contribution in [2.75, 3.05) is 19.6 Å². The summed E-state index contributed by atoms with van der Waals surface area (Å²) in [7, 11) is 2.06. The van der Waals surface area contributed by atoms with Gasteiger partial charge in [-0.3, -0.25) is 9.58 Å². The molecule has 1 atom stereocenters. The van der Waals surface area contributed by atoms with Crippen molar-refractivity contribution >= 4 is 15.9 Å². The van der Waals surface area contributed by atoms with Gasteiger partial charge in [-0.1, -0.05) is 20.3 Å². The molecule has 2 heterocycles. The van der Waals surface area contributed by atoms with Gasteiger partial charge in [-0.25, -0.2) is 0 Å². The van der Waals surface area contributed by atoms with E-state index in [1.165, 1.54) is 41.7 Å². The molecule has 1 saturated heterocycles. The van der Waals surface area contributed by atoms with E-state index in [1.54, 1.807) is 0 Å². The lowest BCUT2D eigenvalue weighted by atomic mass is 10.0. The Labute approximate surface area is 131 Å². The molecule has 0 bridgehead atoms. The van der Waals surface area contributed by atoms with Gasteiger partial charge in [0.2, 0.25) is 0 Å². The minimum Gasteiger partial charge on any atom is -0.315 e. The Kier molecular flexibility index (Phi) is 6.05. The van der Waals surface area contributed by atoms with Crippen LogP contribution in [0.15, 0.2) is 4.47 Å². The Morgan fingerprint density at radius 1 is 1.35 bits per heavy atom. The summed E-state index contributed by atoms with van der Waals surface area (Å²) in [4.78, 5) is 2.62. The van der Waals surface area contributed by atoms with Gasteiger partial charge in [0.25, 0.3) is 0 Å². The highest BCUT2D eigenvalue weighted by Crippen LogP contribution is 2.26. The number of rotatable bonds is 6. The van der Waals surface area contributed by atoms with E-state index >= 15 is 0 Å². The maximum absolute atomic E-state index is 4.61. The van der Waals surface area contributed by atoms with E-state index in [0.29, 0.717) is 6.04 Å². The molecule has 0 saturated carbocycles. The maximum atomic E-state index is 4.61. The van der Waals surface area contributed by atoms with Crippen LogP contribution in [0.1, 0.15) is 44.5 Å². The van der Waals surface area contributed by atoms with Crippen molar-refractivity contribution in [2.24, 2.45) is 7.05 Å². The Balaban J connectivity index is 2.08. The summed E-state index contributed by atoms with van der Waals surface area (Å²) in [6, 6.07) is 0.663. The monoisotopic (exact) mass is 342 g/mol. The molecule has 114 valence electrons. The molecule has 1 unspecified atom stereocenters. The number of halogens is 1. The first kappa shape index (κ1) is 16.0. The van der Waals surface area contributed by atoms with Crippen molar-refractivity contribution in [1.29, 1.82) is 0 Å². The van der Waals surface area contributed by atoms with E-state index in [0.717, 1.165) is 26.1 Å². The Bertz CT molecular complexity index is 430. The highest BCUT2D eigenvalue weighted by molar-refractivity contribution is 9.10. The molecule has 1 aliphatic rings. The van der Waals surface area contributed by atoms with Crippen LogP contribution in [0.25, 0.3) is 0 Å². The second-order valence-electron chi connectivity index (χ2n) is 5.61. The molecular formula is C15H27BrN4. The second-order valence-corrected chi connectivity index (χ2v) is 6.41. The average Bonchev–Trinajstić information content (AvgIpc) is 2.73. The quantitative estimate of drug-likeness (QED) is 0.862. The Morgan fingerprint density at radius 2 is 2.15 bits per heavy atom. The number of piperidine rings is 1. The minimum atomic E-state index is 0.663. The predicted octanol–water partition coefficient (Wildman–Crippen LogP) is 2.71. The summed E-state index contributed by atoms with van der Waals surface area (Å²) in [5, 5.41) is 8.11. The molecule has 0 amide bonds. The first-order valence-corrected chi connectivity index (χ1v) is 8.61. The molecule has 1 N–H and O–H groups in total. The molecule has 2 rings (SSSR count). The zero-order valence-electron chi connectivity index (χ0n) is 13.0. The largest absolute Gasteiger partial charge is 0.315 e. The number of aryl methyl sites for hydroxylation is 2. The normalized spacial score (nSPS) is 20.5. The predicted molar refractivity (Wildman–Crippen MR) is 86.9 cm³/mol. The van der Waals surface area contributed by atoms with Crippen LogP contribution in [0, 0.1) is 0 Å². The van der Waals surface area contributed by atoms with Crippen LogP contribution in [0.4, 0.5) is 0 Å². The molecule has 0 aliphatic carbocycles. The van der Waals surface area contributed by atoms with E-state index in [-0.39, 0.29) is 0 Å². The van der Waals surface area contributed by atoms with Crippen LogP contribution in [-0.4, -0.2) is 40.4 Å². The molecule has 20 heavy (non-hydrogen) atoms. The van der Waals surface area contributed by atoms with Crippen molar-refractivity contribution in [3.05, 3.63) is 15.9 Å². The van der Waals surface area contributed by atoms with Gasteiger partial charge in [0.05, 0.1) is 15.9 Å². The average molecular weight is 343 g/mol. The van der Waals surface area contributed by atoms with Gasteiger partial charge in [0, 0.05) is 26.2 Å². The highest BCUT2D eigenvalue weighted by atomic mass is 79.9. The third-order valence-corrected chi connectivity index (χ3v) is 5.15. The van der Waals surface area contributed by atoms with Crippen LogP contribution in [-0.2, 0) is 20.0 Å². The summed E-state index contributed by atoms with van der Waals surface area (Å²) in [6.07, 6.45) is 4.97. The summed E-state index contributed by atoms with van der Waals surface area (Å²) in [6.45, 7) is 8.70. The van der Waals surface area contributed by atoms with Gasteiger partial charge < -0.3 is 5.32 Å². The standard InChI is InChI=1S/C15H27BrN4/c1-4-13-15(16)14(19(3)18-13)11-20-9-7-6-8-12(20)10-17-5-2/h12,17H,4-11H2,1-3H3. The lowest BCUT2D eigenvalue weighted by Crippen LogP contribution is -2.45. The Hall–Kier alpha value is -0.390.